The topological polar surface area (TPSA) is 14.1 Å². The van der Waals surface area contributed by atoms with E-state index in [2.05, 4.69) is 32.9 Å². The highest BCUT2D eigenvalue weighted by atomic mass is 35.5. The molecule has 0 saturated carbocycles. The van der Waals surface area contributed by atoms with Gasteiger partial charge in [0.1, 0.15) is 0 Å². The molecule has 4 aromatic carbocycles. The Kier molecular flexibility index (Phi) is 7.76. The minimum Gasteiger partial charge on any atom is -0.210 e. The average Bonchev–Trinajstić information content (AvgIpc) is 2.77. The van der Waals surface area contributed by atoms with E-state index in [0.717, 1.165) is 32.8 Å². The van der Waals surface area contributed by atoms with Gasteiger partial charge in [-0.15, -0.1) is 0 Å². The van der Waals surface area contributed by atoms with Crippen molar-refractivity contribution in [1.82, 2.24) is 4.72 Å². The molecule has 0 saturated heterocycles. The molecule has 0 atom stereocenters. The molecule has 0 fully saturated rings. The maximum Gasteiger partial charge on any atom is 0.0874 e. The van der Waals surface area contributed by atoms with E-state index < -0.39 is 0 Å². The van der Waals surface area contributed by atoms with E-state index in [1.165, 1.54) is 17.5 Å². The first-order valence-corrected chi connectivity index (χ1v) is 12.9. The molecule has 6 heteroatoms. The minimum absolute atomic E-state index is 0.0610. The third-order valence-corrected chi connectivity index (χ3v) is 7.03. The van der Waals surface area contributed by atoms with Gasteiger partial charge in [-0.05, 0) is 76.7 Å². The number of rotatable bonds is 5. The van der Waals surface area contributed by atoms with Crippen LogP contribution >= 0.6 is 58.4 Å². The van der Waals surface area contributed by atoms with Crippen molar-refractivity contribution in [1.29, 1.82) is 0 Å². The Labute approximate surface area is 225 Å². The Morgan fingerprint density at radius 3 is 1.44 bits per heavy atom. The quantitative estimate of drug-likeness (QED) is 0.227. The molecular formula is C28H22Cl4NS. The van der Waals surface area contributed by atoms with Gasteiger partial charge in [0.05, 0.1) is 5.69 Å². The second kappa shape index (κ2) is 10.4. The fourth-order valence-electron chi connectivity index (χ4n) is 3.54. The minimum atomic E-state index is -0.0610. The second-order valence-electron chi connectivity index (χ2n) is 8.97. The third-order valence-electron chi connectivity index (χ3n) is 5.36. The lowest BCUT2D eigenvalue weighted by molar-refractivity contribution is 0.591. The molecule has 0 aliphatic carbocycles. The molecule has 0 heterocycles. The van der Waals surface area contributed by atoms with E-state index >= 15 is 0 Å². The Morgan fingerprint density at radius 2 is 1.03 bits per heavy atom. The number of hydrogen-bond donors (Lipinski definition) is 0. The van der Waals surface area contributed by atoms with Gasteiger partial charge in [-0.2, -0.15) is 0 Å². The summed E-state index contributed by atoms with van der Waals surface area (Å²) in [6.45, 7) is 6.62. The lowest BCUT2D eigenvalue weighted by Crippen LogP contribution is -2.12. The first-order chi connectivity index (χ1) is 16.1. The zero-order chi connectivity index (χ0) is 24.5. The highest BCUT2D eigenvalue weighted by Crippen LogP contribution is 2.43. The van der Waals surface area contributed by atoms with Crippen LogP contribution in [0.4, 0.5) is 5.69 Å². The van der Waals surface area contributed by atoms with Crippen molar-refractivity contribution in [2.24, 2.45) is 0 Å². The van der Waals surface area contributed by atoms with E-state index in [1.54, 1.807) is 6.07 Å². The van der Waals surface area contributed by atoms with Crippen molar-refractivity contribution < 1.29 is 0 Å². The summed E-state index contributed by atoms with van der Waals surface area (Å²) < 4.78 is 5.01. The summed E-state index contributed by atoms with van der Waals surface area (Å²) in [6, 6.07) is 25.5. The molecule has 0 unspecified atom stereocenters. The van der Waals surface area contributed by atoms with Gasteiger partial charge < -0.3 is 0 Å². The molecule has 4 aromatic rings. The van der Waals surface area contributed by atoms with Crippen LogP contribution in [0.2, 0.25) is 20.1 Å². The van der Waals surface area contributed by atoms with Gasteiger partial charge in [-0.25, -0.2) is 4.72 Å². The molecule has 0 amide bonds. The molecule has 4 rings (SSSR count). The van der Waals surface area contributed by atoms with Crippen LogP contribution in [0.15, 0.2) is 83.8 Å². The number of benzene rings is 4. The molecule has 0 aliphatic heterocycles. The van der Waals surface area contributed by atoms with E-state index in [1.807, 2.05) is 60.7 Å². The smallest absolute Gasteiger partial charge is 0.0874 e. The maximum atomic E-state index is 6.22. The van der Waals surface area contributed by atoms with Gasteiger partial charge in [-0.1, -0.05) is 91.4 Å². The Hall–Kier alpha value is -1.81. The van der Waals surface area contributed by atoms with E-state index in [-0.39, 0.29) is 5.41 Å². The Morgan fingerprint density at radius 1 is 0.588 bits per heavy atom. The van der Waals surface area contributed by atoms with Crippen molar-refractivity contribution in [2.45, 2.75) is 31.1 Å². The average molecular weight is 546 g/mol. The molecule has 1 nitrogen and oxygen atoms in total. The predicted octanol–water partition coefficient (Wildman–Crippen LogP) is 10.9. The van der Waals surface area contributed by atoms with E-state index in [4.69, 9.17) is 51.1 Å². The molecule has 1 radical (unpaired) electrons. The standard InChI is InChI=1S/C28H22Cl4NS/c1-28(2,3)19-12-25(17-4-8-20(29)9-5-17)27(26(13-19)18-6-10-21(30)11-7-18)33-34-24-15-22(31)14-23(32)16-24/h4-16H,1-3H3. The van der Waals surface area contributed by atoms with Crippen LogP contribution < -0.4 is 4.72 Å². The van der Waals surface area contributed by atoms with Gasteiger partial charge >= 0.3 is 0 Å². The molecule has 34 heavy (non-hydrogen) atoms. The van der Waals surface area contributed by atoms with Crippen LogP contribution in [0, 0.1) is 0 Å². The van der Waals surface area contributed by atoms with Crippen LogP contribution in [0.3, 0.4) is 0 Å². The van der Waals surface area contributed by atoms with Gasteiger partial charge in [-0.3, -0.25) is 0 Å². The van der Waals surface area contributed by atoms with Gasteiger partial charge in [0.15, 0.2) is 0 Å². The molecule has 173 valence electrons. The summed E-state index contributed by atoms with van der Waals surface area (Å²) in [6.07, 6.45) is 0. The van der Waals surface area contributed by atoms with Gasteiger partial charge in [0.2, 0.25) is 0 Å². The molecule has 0 bridgehead atoms. The van der Waals surface area contributed by atoms with Crippen molar-refractivity contribution in [3.63, 3.8) is 0 Å². The molecule has 0 N–H and O–H groups in total. The molecular weight excluding hydrogens is 524 g/mol. The highest BCUT2D eigenvalue weighted by Gasteiger charge is 2.22. The van der Waals surface area contributed by atoms with Crippen molar-refractivity contribution in [3.05, 3.63) is 105 Å². The van der Waals surface area contributed by atoms with Gasteiger partial charge in [0, 0.05) is 48.1 Å². The monoisotopic (exact) mass is 544 g/mol. The van der Waals surface area contributed by atoms with Crippen molar-refractivity contribution >= 4 is 64.0 Å². The molecule has 0 aromatic heterocycles. The van der Waals surface area contributed by atoms with Crippen LogP contribution in [0.25, 0.3) is 22.3 Å². The summed E-state index contributed by atoms with van der Waals surface area (Å²) in [5, 5.41) is 2.53. The highest BCUT2D eigenvalue weighted by molar-refractivity contribution is 7.97. The van der Waals surface area contributed by atoms with E-state index in [9.17, 15) is 0 Å². The second-order valence-corrected chi connectivity index (χ2v) is 11.6. The zero-order valence-corrected chi connectivity index (χ0v) is 22.7. The van der Waals surface area contributed by atoms with Crippen molar-refractivity contribution in [2.75, 3.05) is 0 Å². The van der Waals surface area contributed by atoms with Crippen LogP contribution in [0.5, 0.6) is 0 Å². The molecule has 0 spiro atoms. The summed E-state index contributed by atoms with van der Waals surface area (Å²) in [5.41, 5.74) is 6.12. The normalized spacial score (nSPS) is 11.5. The summed E-state index contributed by atoms with van der Waals surface area (Å²) in [7, 11) is 0. The fourth-order valence-corrected chi connectivity index (χ4v) is 5.20. The lowest BCUT2D eigenvalue weighted by atomic mass is 9.82. The Balaban J connectivity index is 1.92. The van der Waals surface area contributed by atoms with E-state index in [0.29, 0.717) is 20.1 Å². The summed E-state index contributed by atoms with van der Waals surface area (Å²) in [5.74, 6) is 0. The molecule has 0 aliphatic rings. The van der Waals surface area contributed by atoms with Crippen LogP contribution in [0.1, 0.15) is 26.3 Å². The first kappa shape index (κ1) is 25.3. The number of halogens is 4. The van der Waals surface area contributed by atoms with Crippen molar-refractivity contribution in [3.8, 4) is 22.3 Å². The Bertz CT molecular complexity index is 1220. The zero-order valence-electron chi connectivity index (χ0n) is 18.9. The largest absolute Gasteiger partial charge is 0.210 e. The predicted molar refractivity (Wildman–Crippen MR) is 150 cm³/mol. The summed E-state index contributed by atoms with van der Waals surface area (Å²) in [4.78, 5) is 0.863. The fraction of sp³-hybridized carbons (Fsp3) is 0.143. The van der Waals surface area contributed by atoms with Crippen LogP contribution in [-0.2, 0) is 5.41 Å². The number of nitrogens with zero attached hydrogens (tertiary/aromatic N) is 1. The number of hydrogen-bond acceptors (Lipinski definition) is 1. The summed E-state index contributed by atoms with van der Waals surface area (Å²) >= 11 is 26.2. The van der Waals surface area contributed by atoms with Crippen LogP contribution in [-0.4, -0.2) is 0 Å². The maximum absolute atomic E-state index is 6.22. The lowest BCUT2D eigenvalue weighted by Gasteiger charge is -2.24. The SMILES string of the molecule is CC(C)(C)c1cc(-c2ccc(Cl)cc2)c([N]Sc2cc(Cl)cc(Cl)c2)c(-c2ccc(Cl)cc2)c1. The van der Waals surface area contributed by atoms with Gasteiger partial charge in [0.25, 0.3) is 0 Å². The first-order valence-electron chi connectivity index (χ1n) is 10.6. The third kappa shape index (κ3) is 6.05.